The third-order valence-electron chi connectivity index (χ3n) is 4.17. The molecule has 2 aromatic heterocycles. The summed E-state index contributed by atoms with van der Waals surface area (Å²) in [5.74, 6) is 0.869. The van der Waals surface area contributed by atoms with Gasteiger partial charge < -0.3 is 9.42 Å². The summed E-state index contributed by atoms with van der Waals surface area (Å²) in [6, 6.07) is 21.5. The number of nitrogens with zero attached hydrogens (tertiary/aromatic N) is 3. The molecule has 2 aromatic carbocycles. The van der Waals surface area contributed by atoms with Gasteiger partial charge in [0.25, 0.3) is 5.91 Å². The van der Waals surface area contributed by atoms with E-state index in [1.807, 2.05) is 72.1 Å². The first-order valence-corrected chi connectivity index (χ1v) is 9.36. The molecule has 0 atom stereocenters. The van der Waals surface area contributed by atoms with Crippen LogP contribution in [0.1, 0.15) is 16.2 Å². The minimum Gasteiger partial charge on any atom is -0.337 e. The molecule has 0 unspecified atom stereocenters. The predicted octanol–water partition coefficient (Wildman–Crippen LogP) is 4.74. The standard InChI is InChI=1S/C21H17N3O2S/c1-24(14-19-22-20(23-26-19)18-8-5-13-27-18)21(25)17-11-9-16(10-12-17)15-6-3-2-4-7-15/h2-13H,14H2,1H3. The van der Waals surface area contributed by atoms with Crippen LogP contribution in [0, 0.1) is 0 Å². The monoisotopic (exact) mass is 375 g/mol. The summed E-state index contributed by atoms with van der Waals surface area (Å²) in [6.45, 7) is 0.262. The Morgan fingerprint density at radius 3 is 2.44 bits per heavy atom. The van der Waals surface area contributed by atoms with Gasteiger partial charge in [-0.05, 0) is 34.7 Å². The van der Waals surface area contributed by atoms with Crippen LogP contribution in [-0.4, -0.2) is 28.0 Å². The quantitative estimate of drug-likeness (QED) is 0.506. The molecule has 27 heavy (non-hydrogen) atoms. The fourth-order valence-corrected chi connectivity index (χ4v) is 3.41. The zero-order valence-electron chi connectivity index (χ0n) is 14.7. The molecule has 0 bridgehead atoms. The van der Waals surface area contributed by atoms with Crippen molar-refractivity contribution in [3.05, 3.63) is 83.6 Å². The van der Waals surface area contributed by atoms with E-state index in [9.17, 15) is 4.79 Å². The maximum absolute atomic E-state index is 12.7. The lowest BCUT2D eigenvalue weighted by molar-refractivity contribution is 0.0769. The average Bonchev–Trinajstić information content (AvgIpc) is 3.40. The molecule has 0 spiro atoms. The molecule has 0 aliphatic rings. The largest absolute Gasteiger partial charge is 0.337 e. The zero-order valence-corrected chi connectivity index (χ0v) is 15.5. The van der Waals surface area contributed by atoms with Crippen molar-refractivity contribution in [3.63, 3.8) is 0 Å². The molecule has 4 rings (SSSR count). The van der Waals surface area contributed by atoms with Crippen molar-refractivity contribution in [2.45, 2.75) is 6.54 Å². The Labute approximate surface area is 160 Å². The molecule has 1 amide bonds. The van der Waals surface area contributed by atoms with Crippen molar-refractivity contribution >= 4 is 17.2 Å². The normalized spacial score (nSPS) is 10.7. The second-order valence-corrected chi connectivity index (χ2v) is 7.04. The van der Waals surface area contributed by atoms with Crippen LogP contribution in [0.15, 0.2) is 76.6 Å². The summed E-state index contributed by atoms with van der Waals surface area (Å²) in [6.07, 6.45) is 0. The summed E-state index contributed by atoms with van der Waals surface area (Å²) >= 11 is 1.55. The molecular formula is C21H17N3O2S. The van der Waals surface area contributed by atoms with Crippen molar-refractivity contribution in [3.8, 4) is 21.8 Å². The third-order valence-corrected chi connectivity index (χ3v) is 5.03. The van der Waals surface area contributed by atoms with Crippen molar-refractivity contribution in [1.82, 2.24) is 15.0 Å². The van der Waals surface area contributed by atoms with Crippen LogP contribution in [0.3, 0.4) is 0 Å². The Hall–Kier alpha value is -3.25. The van der Waals surface area contributed by atoms with Gasteiger partial charge in [-0.15, -0.1) is 11.3 Å². The van der Waals surface area contributed by atoms with Crippen molar-refractivity contribution < 1.29 is 9.32 Å². The maximum Gasteiger partial charge on any atom is 0.254 e. The molecule has 2 heterocycles. The summed E-state index contributed by atoms with van der Waals surface area (Å²) in [7, 11) is 1.72. The molecule has 0 saturated heterocycles. The van der Waals surface area contributed by atoms with E-state index in [1.165, 1.54) is 0 Å². The second-order valence-electron chi connectivity index (χ2n) is 6.09. The number of rotatable bonds is 5. The first-order chi connectivity index (χ1) is 13.2. The van der Waals surface area contributed by atoms with E-state index >= 15 is 0 Å². The smallest absolute Gasteiger partial charge is 0.254 e. The van der Waals surface area contributed by atoms with E-state index in [0.717, 1.165) is 16.0 Å². The van der Waals surface area contributed by atoms with Crippen molar-refractivity contribution in [2.24, 2.45) is 0 Å². The van der Waals surface area contributed by atoms with Crippen LogP contribution in [0.5, 0.6) is 0 Å². The molecule has 4 aromatic rings. The number of thiophene rings is 1. The Bertz CT molecular complexity index is 1030. The predicted molar refractivity (Wildman–Crippen MR) is 105 cm³/mol. The highest BCUT2D eigenvalue weighted by Gasteiger charge is 2.16. The van der Waals surface area contributed by atoms with Gasteiger partial charge in [-0.3, -0.25) is 4.79 Å². The summed E-state index contributed by atoms with van der Waals surface area (Å²) in [5, 5.41) is 5.93. The average molecular weight is 375 g/mol. The van der Waals surface area contributed by atoms with E-state index in [2.05, 4.69) is 10.1 Å². The summed E-state index contributed by atoms with van der Waals surface area (Å²) in [4.78, 5) is 19.5. The number of amides is 1. The first-order valence-electron chi connectivity index (χ1n) is 8.48. The number of aromatic nitrogens is 2. The van der Waals surface area contributed by atoms with Crippen LogP contribution in [0.4, 0.5) is 0 Å². The lowest BCUT2D eigenvalue weighted by Gasteiger charge is -2.15. The second kappa shape index (κ2) is 7.55. The van der Waals surface area contributed by atoms with Gasteiger partial charge in [-0.25, -0.2) is 0 Å². The van der Waals surface area contributed by atoms with Gasteiger partial charge in [0.15, 0.2) is 0 Å². The fraction of sp³-hybridized carbons (Fsp3) is 0.0952. The zero-order chi connectivity index (χ0) is 18.6. The first kappa shape index (κ1) is 17.2. The summed E-state index contributed by atoms with van der Waals surface area (Å²) < 4.78 is 5.27. The van der Waals surface area contributed by atoms with E-state index in [4.69, 9.17) is 4.52 Å². The number of hydrogen-bond acceptors (Lipinski definition) is 5. The Kier molecular flexibility index (Phi) is 4.80. The molecule has 6 heteroatoms. The van der Waals surface area contributed by atoms with E-state index < -0.39 is 0 Å². The maximum atomic E-state index is 12.7. The van der Waals surface area contributed by atoms with Crippen molar-refractivity contribution in [2.75, 3.05) is 7.05 Å². The Balaban J connectivity index is 1.44. The molecule has 134 valence electrons. The topological polar surface area (TPSA) is 59.2 Å². The fourth-order valence-electron chi connectivity index (χ4n) is 2.76. The minimum atomic E-state index is -0.0921. The third kappa shape index (κ3) is 3.80. The van der Waals surface area contributed by atoms with Crippen LogP contribution < -0.4 is 0 Å². The molecule has 0 saturated carbocycles. The highest BCUT2D eigenvalue weighted by molar-refractivity contribution is 7.13. The van der Waals surface area contributed by atoms with Crippen LogP contribution in [0.25, 0.3) is 21.8 Å². The Morgan fingerprint density at radius 2 is 1.74 bits per heavy atom. The van der Waals surface area contributed by atoms with Gasteiger partial charge in [0.1, 0.15) is 0 Å². The molecule has 0 aliphatic carbocycles. The molecule has 0 aliphatic heterocycles. The van der Waals surface area contributed by atoms with Gasteiger partial charge in [-0.1, -0.05) is 53.7 Å². The molecule has 0 N–H and O–H groups in total. The van der Waals surface area contributed by atoms with Crippen LogP contribution in [-0.2, 0) is 6.54 Å². The Morgan fingerprint density at radius 1 is 1.00 bits per heavy atom. The van der Waals surface area contributed by atoms with Gasteiger partial charge >= 0.3 is 0 Å². The van der Waals surface area contributed by atoms with Gasteiger partial charge in [-0.2, -0.15) is 4.98 Å². The van der Waals surface area contributed by atoms with E-state index in [0.29, 0.717) is 17.3 Å². The highest BCUT2D eigenvalue weighted by atomic mass is 32.1. The number of benzene rings is 2. The number of hydrogen-bond donors (Lipinski definition) is 0. The molecule has 5 nitrogen and oxygen atoms in total. The molecule has 0 fully saturated rings. The van der Waals surface area contributed by atoms with Crippen LogP contribution in [0.2, 0.25) is 0 Å². The minimum absolute atomic E-state index is 0.0921. The lowest BCUT2D eigenvalue weighted by atomic mass is 10.0. The van der Waals surface area contributed by atoms with Gasteiger partial charge in [0, 0.05) is 12.6 Å². The molecule has 0 radical (unpaired) electrons. The number of carbonyl (C=O) groups excluding carboxylic acids is 1. The SMILES string of the molecule is CN(Cc1nc(-c2cccs2)no1)C(=O)c1ccc(-c2ccccc2)cc1. The van der Waals surface area contributed by atoms with E-state index in [-0.39, 0.29) is 12.5 Å². The van der Waals surface area contributed by atoms with Crippen LogP contribution >= 0.6 is 11.3 Å². The van der Waals surface area contributed by atoms with E-state index in [1.54, 1.807) is 23.3 Å². The van der Waals surface area contributed by atoms with Gasteiger partial charge in [0.2, 0.25) is 11.7 Å². The number of carbonyl (C=O) groups is 1. The summed E-state index contributed by atoms with van der Waals surface area (Å²) in [5.41, 5.74) is 2.82. The van der Waals surface area contributed by atoms with Gasteiger partial charge in [0.05, 0.1) is 11.4 Å². The highest BCUT2D eigenvalue weighted by Crippen LogP contribution is 2.22. The van der Waals surface area contributed by atoms with Crippen molar-refractivity contribution in [1.29, 1.82) is 0 Å². The molecular weight excluding hydrogens is 358 g/mol. The lowest BCUT2D eigenvalue weighted by Crippen LogP contribution is -2.26.